The average molecular weight is 374 g/mol. The Balaban J connectivity index is 0.00000144. The van der Waals surface area contributed by atoms with E-state index in [1.807, 2.05) is 0 Å². The van der Waals surface area contributed by atoms with Crippen molar-refractivity contribution in [1.29, 1.82) is 0 Å². The lowest BCUT2D eigenvalue weighted by atomic mass is 10.0. The molecular weight excluding hydrogens is 345 g/mol. The number of carbonyl (C=O) groups is 1. The van der Waals surface area contributed by atoms with Crippen LogP contribution in [-0.4, -0.2) is 38.6 Å². The Morgan fingerprint density at radius 2 is 2.12 bits per heavy atom. The fourth-order valence-electron chi connectivity index (χ4n) is 3.52. The van der Waals surface area contributed by atoms with Crippen molar-refractivity contribution in [3.8, 4) is 0 Å². The molecule has 0 aromatic heterocycles. The molecule has 0 spiro atoms. The van der Waals surface area contributed by atoms with Crippen molar-refractivity contribution in [2.45, 2.75) is 32.1 Å². The van der Waals surface area contributed by atoms with Gasteiger partial charge >= 0.3 is 0 Å². The predicted molar refractivity (Wildman–Crippen MR) is 105 cm³/mol. The van der Waals surface area contributed by atoms with E-state index in [2.05, 4.69) is 39.8 Å². The fourth-order valence-corrected chi connectivity index (χ4v) is 3.52. The van der Waals surface area contributed by atoms with Gasteiger partial charge in [0.2, 0.25) is 5.91 Å². The minimum Gasteiger partial charge on any atom is -0.371 e. The van der Waals surface area contributed by atoms with Crippen LogP contribution in [0.3, 0.4) is 0 Å². The summed E-state index contributed by atoms with van der Waals surface area (Å²) < 4.78 is 0. The summed E-state index contributed by atoms with van der Waals surface area (Å²) in [7, 11) is 0. The van der Waals surface area contributed by atoms with E-state index >= 15 is 0 Å². The van der Waals surface area contributed by atoms with Gasteiger partial charge in [-0.15, -0.1) is 24.8 Å². The summed E-state index contributed by atoms with van der Waals surface area (Å²) in [6.07, 6.45) is 5.10. The molecule has 0 radical (unpaired) electrons. The fraction of sp³-hybridized carbons (Fsp3) is 0.611. The summed E-state index contributed by atoms with van der Waals surface area (Å²) in [6.45, 7) is 5.14. The Kier molecular flexibility index (Phi) is 9.49. The summed E-state index contributed by atoms with van der Waals surface area (Å²) in [6, 6.07) is 8.64. The zero-order valence-electron chi connectivity index (χ0n) is 14.1. The van der Waals surface area contributed by atoms with Gasteiger partial charge in [0.25, 0.3) is 0 Å². The highest BCUT2D eigenvalue weighted by Gasteiger charge is 2.18. The van der Waals surface area contributed by atoms with Crippen LogP contribution in [0.25, 0.3) is 0 Å². The molecule has 1 aromatic carbocycles. The SMILES string of the molecule is Cl.Cl.O=C(CCC1CCNC1)NCCCN1CCc2ccccc21. The molecule has 1 saturated heterocycles. The lowest BCUT2D eigenvalue weighted by Gasteiger charge is -2.19. The van der Waals surface area contributed by atoms with Crippen LogP contribution < -0.4 is 15.5 Å². The van der Waals surface area contributed by atoms with E-state index in [9.17, 15) is 4.79 Å². The van der Waals surface area contributed by atoms with Gasteiger partial charge in [0.15, 0.2) is 0 Å². The number of hydrogen-bond acceptors (Lipinski definition) is 3. The Bertz CT molecular complexity index is 507. The first-order valence-electron chi connectivity index (χ1n) is 8.63. The third-order valence-electron chi connectivity index (χ3n) is 4.85. The van der Waals surface area contributed by atoms with Crippen molar-refractivity contribution >= 4 is 36.4 Å². The molecule has 1 aromatic rings. The van der Waals surface area contributed by atoms with Crippen molar-refractivity contribution in [3.05, 3.63) is 29.8 Å². The monoisotopic (exact) mass is 373 g/mol. The van der Waals surface area contributed by atoms with E-state index in [1.54, 1.807) is 0 Å². The van der Waals surface area contributed by atoms with Crippen molar-refractivity contribution in [3.63, 3.8) is 0 Å². The molecule has 24 heavy (non-hydrogen) atoms. The van der Waals surface area contributed by atoms with Crippen molar-refractivity contribution < 1.29 is 4.79 Å². The first kappa shape index (κ1) is 21.1. The maximum absolute atomic E-state index is 11.8. The molecular formula is C18H29Cl2N3O. The van der Waals surface area contributed by atoms with Crippen LogP contribution in [0.15, 0.2) is 24.3 Å². The van der Waals surface area contributed by atoms with Crippen molar-refractivity contribution in [1.82, 2.24) is 10.6 Å². The minimum atomic E-state index is 0. The van der Waals surface area contributed by atoms with Gasteiger partial charge in [-0.25, -0.2) is 0 Å². The number of halogens is 2. The highest BCUT2D eigenvalue weighted by molar-refractivity contribution is 5.85. The number of carbonyl (C=O) groups excluding carboxylic acids is 1. The number of benzene rings is 1. The number of anilines is 1. The molecule has 2 aliphatic heterocycles. The second-order valence-electron chi connectivity index (χ2n) is 6.47. The topological polar surface area (TPSA) is 44.4 Å². The number of nitrogens with one attached hydrogen (secondary N) is 2. The van der Waals surface area contributed by atoms with E-state index in [4.69, 9.17) is 0 Å². The average Bonchev–Trinajstić information content (AvgIpc) is 3.19. The molecule has 136 valence electrons. The largest absolute Gasteiger partial charge is 0.371 e. The number of fused-ring (bicyclic) bond motifs is 1. The van der Waals surface area contributed by atoms with Gasteiger partial charge < -0.3 is 15.5 Å². The van der Waals surface area contributed by atoms with Crippen LogP contribution in [-0.2, 0) is 11.2 Å². The quantitative estimate of drug-likeness (QED) is 0.722. The normalized spacial score (nSPS) is 18.5. The molecule has 1 unspecified atom stereocenters. The minimum absolute atomic E-state index is 0. The summed E-state index contributed by atoms with van der Waals surface area (Å²) in [5.41, 5.74) is 2.83. The van der Waals surface area contributed by atoms with Gasteiger partial charge in [-0.3, -0.25) is 4.79 Å². The lowest BCUT2D eigenvalue weighted by molar-refractivity contribution is -0.121. The van der Waals surface area contributed by atoms with Crippen molar-refractivity contribution in [2.24, 2.45) is 5.92 Å². The van der Waals surface area contributed by atoms with Crippen LogP contribution in [0.2, 0.25) is 0 Å². The number of nitrogens with zero attached hydrogens (tertiary/aromatic N) is 1. The molecule has 2 heterocycles. The molecule has 6 heteroatoms. The van der Waals surface area contributed by atoms with E-state index in [0.29, 0.717) is 12.3 Å². The summed E-state index contributed by atoms with van der Waals surface area (Å²) in [4.78, 5) is 14.3. The molecule has 1 fully saturated rings. The van der Waals surface area contributed by atoms with Crippen molar-refractivity contribution in [2.75, 3.05) is 37.6 Å². The van der Waals surface area contributed by atoms with Crippen LogP contribution in [0, 0.1) is 5.92 Å². The zero-order valence-corrected chi connectivity index (χ0v) is 15.8. The van der Waals surface area contributed by atoms with Gasteiger partial charge in [0.05, 0.1) is 0 Å². The van der Waals surface area contributed by atoms with Crippen LogP contribution in [0.1, 0.15) is 31.2 Å². The Hall–Kier alpha value is -0.970. The Labute approximate surface area is 157 Å². The summed E-state index contributed by atoms with van der Waals surface area (Å²) in [5.74, 6) is 0.917. The lowest BCUT2D eigenvalue weighted by Crippen LogP contribution is -2.29. The predicted octanol–water partition coefficient (Wildman–Crippen LogP) is 2.79. The molecule has 0 aliphatic carbocycles. The maximum atomic E-state index is 11.8. The smallest absolute Gasteiger partial charge is 0.220 e. The molecule has 3 rings (SSSR count). The molecule has 4 nitrogen and oxygen atoms in total. The van der Waals surface area contributed by atoms with Gasteiger partial charge in [0, 0.05) is 31.7 Å². The second-order valence-corrected chi connectivity index (χ2v) is 6.47. The van der Waals surface area contributed by atoms with E-state index in [1.165, 1.54) is 17.7 Å². The third kappa shape index (κ3) is 5.83. The number of amides is 1. The summed E-state index contributed by atoms with van der Waals surface area (Å²) in [5, 5.41) is 6.42. The first-order chi connectivity index (χ1) is 10.8. The van der Waals surface area contributed by atoms with E-state index in [-0.39, 0.29) is 30.7 Å². The molecule has 2 aliphatic rings. The van der Waals surface area contributed by atoms with E-state index in [0.717, 1.165) is 52.0 Å². The van der Waals surface area contributed by atoms with Crippen LogP contribution in [0.4, 0.5) is 5.69 Å². The molecule has 0 saturated carbocycles. The standard InChI is InChI=1S/C18H27N3O.2ClH/c22-18(7-6-15-8-11-19-14-15)20-10-3-12-21-13-9-16-4-1-2-5-17(16)21;;/h1-2,4-5,15,19H,3,6-14H2,(H,20,22);2*1H. The molecule has 1 amide bonds. The first-order valence-corrected chi connectivity index (χ1v) is 8.63. The highest BCUT2D eigenvalue weighted by Crippen LogP contribution is 2.27. The van der Waals surface area contributed by atoms with Gasteiger partial charge in [-0.2, -0.15) is 0 Å². The molecule has 0 bridgehead atoms. The van der Waals surface area contributed by atoms with Gasteiger partial charge in [-0.05, 0) is 56.3 Å². The summed E-state index contributed by atoms with van der Waals surface area (Å²) >= 11 is 0. The maximum Gasteiger partial charge on any atom is 0.220 e. The molecule has 2 N–H and O–H groups in total. The number of rotatable bonds is 7. The Morgan fingerprint density at radius 3 is 2.92 bits per heavy atom. The van der Waals surface area contributed by atoms with Gasteiger partial charge in [0.1, 0.15) is 0 Å². The second kappa shape index (κ2) is 10.8. The Morgan fingerprint density at radius 1 is 1.29 bits per heavy atom. The molecule has 1 atom stereocenters. The number of para-hydroxylation sites is 1. The van der Waals surface area contributed by atoms with Crippen LogP contribution >= 0.6 is 24.8 Å². The zero-order chi connectivity index (χ0) is 15.2. The highest BCUT2D eigenvalue weighted by atomic mass is 35.5. The van der Waals surface area contributed by atoms with Gasteiger partial charge in [-0.1, -0.05) is 18.2 Å². The third-order valence-corrected chi connectivity index (χ3v) is 4.85. The van der Waals surface area contributed by atoms with Crippen LogP contribution in [0.5, 0.6) is 0 Å². The van der Waals surface area contributed by atoms with E-state index < -0.39 is 0 Å². The number of hydrogen-bond donors (Lipinski definition) is 2.